The summed E-state index contributed by atoms with van der Waals surface area (Å²) in [6.45, 7) is 0. The molecule has 0 aliphatic carbocycles. The van der Waals surface area contributed by atoms with Crippen molar-refractivity contribution in [1.82, 2.24) is 19.9 Å². The van der Waals surface area contributed by atoms with E-state index >= 15 is 0 Å². The first-order chi connectivity index (χ1) is 35.2. The molecule has 5 heteroatoms. The summed E-state index contributed by atoms with van der Waals surface area (Å²) in [6, 6.07) is 91.6. The molecule has 0 spiro atoms. The Morgan fingerprint density at radius 1 is 0.211 bits per heavy atom. The lowest BCUT2D eigenvalue weighted by Crippen LogP contribution is -2.09. The maximum Gasteiger partial charge on any atom is 0.0979 e. The fourth-order valence-corrected chi connectivity index (χ4v) is 9.91. The van der Waals surface area contributed by atoms with E-state index in [2.05, 4.69) is 217 Å². The van der Waals surface area contributed by atoms with Crippen molar-refractivity contribution < 1.29 is 0 Å². The van der Waals surface area contributed by atoms with Crippen molar-refractivity contribution in [2.24, 2.45) is 0 Å². The Labute approximate surface area is 411 Å². The Hall–Kier alpha value is -9.58. The fraction of sp³-hybridized carbons (Fsp3) is 0. The standard InChI is InChI=1S/C66H43N5/c1-2-18-52(19-3-1)71(53-40-36-46(37-41-53)44-28-32-50(33-29-44)63-65(69-61-26-10-8-24-59(61)67-63)57-22-12-16-48-14-4-6-20-55(48)57)54-42-38-47(39-43-54)45-30-34-51(35-31-45)64-66(70-62-27-11-9-25-60(62)68-64)58-23-13-17-49-15-5-7-21-56(49)58/h1-43H. The second kappa shape index (κ2) is 17.8. The van der Waals surface area contributed by atoms with Crippen LogP contribution in [-0.2, 0) is 0 Å². The molecule has 5 nitrogen and oxygen atoms in total. The number of nitrogens with zero attached hydrogens (tertiary/aromatic N) is 5. The fourth-order valence-electron chi connectivity index (χ4n) is 9.91. The predicted molar refractivity (Wildman–Crippen MR) is 295 cm³/mol. The Kier molecular flexibility index (Phi) is 10.4. The molecule has 0 aliphatic rings. The van der Waals surface area contributed by atoms with Gasteiger partial charge in [-0.05, 0) is 104 Å². The molecule has 0 unspecified atom stereocenters. The molecule has 0 atom stereocenters. The number of para-hydroxylation sites is 5. The van der Waals surface area contributed by atoms with E-state index in [1.807, 2.05) is 48.5 Å². The number of fused-ring (bicyclic) bond motifs is 4. The third kappa shape index (κ3) is 7.82. The molecule has 0 radical (unpaired) electrons. The van der Waals surface area contributed by atoms with Crippen LogP contribution in [0.3, 0.4) is 0 Å². The third-order valence-electron chi connectivity index (χ3n) is 13.5. The Morgan fingerprint density at radius 3 is 0.915 bits per heavy atom. The van der Waals surface area contributed by atoms with Crippen molar-refractivity contribution in [3.8, 4) is 67.3 Å². The molecule has 0 N–H and O–H groups in total. The van der Waals surface area contributed by atoms with Gasteiger partial charge < -0.3 is 4.90 Å². The topological polar surface area (TPSA) is 54.8 Å². The predicted octanol–water partition coefficient (Wildman–Crippen LogP) is 17.4. The molecule has 0 amide bonds. The molecular weight excluding hydrogens is 863 g/mol. The van der Waals surface area contributed by atoms with Gasteiger partial charge in [0.15, 0.2) is 0 Å². The number of benzene rings is 11. The van der Waals surface area contributed by atoms with Crippen LogP contribution >= 0.6 is 0 Å². The first-order valence-corrected chi connectivity index (χ1v) is 24.0. The molecular formula is C66H43N5. The summed E-state index contributed by atoms with van der Waals surface area (Å²) in [5, 5.41) is 4.67. The summed E-state index contributed by atoms with van der Waals surface area (Å²) in [6.07, 6.45) is 0. The van der Waals surface area contributed by atoms with Gasteiger partial charge in [0.25, 0.3) is 0 Å². The zero-order valence-corrected chi connectivity index (χ0v) is 38.6. The van der Waals surface area contributed by atoms with Gasteiger partial charge in [-0.25, -0.2) is 19.9 Å². The molecule has 13 aromatic rings. The highest BCUT2D eigenvalue weighted by atomic mass is 15.1. The molecule has 0 bridgehead atoms. The van der Waals surface area contributed by atoms with E-state index < -0.39 is 0 Å². The van der Waals surface area contributed by atoms with Gasteiger partial charge in [0.2, 0.25) is 0 Å². The monoisotopic (exact) mass is 905 g/mol. The van der Waals surface area contributed by atoms with Crippen LogP contribution in [0.2, 0.25) is 0 Å². The average molecular weight is 906 g/mol. The van der Waals surface area contributed by atoms with Crippen molar-refractivity contribution in [2.75, 3.05) is 4.90 Å². The van der Waals surface area contributed by atoms with Gasteiger partial charge >= 0.3 is 0 Å². The van der Waals surface area contributed by atoms with Gasteiger partial charge in [-0.15, -0.1) is 0 Å². The van der Waals surface area contributed by atoms with Crippen molar-refractivity contribution in [1.29, 1.82) is 0 Å². The summed E-state index contributed by atoms with van der Waals surface area (Å²) in [5.41, 5.74) is 18.9. The maximum absolute atomic E-state index is 5.22. The zero-order valence-electron chi connectivity index (χ0n) is 38.6. The van der Waals surface area contributed by atoms with E-state index in [1.54, 1.807) is 0 Å². The number of hydrogen-bond donors (Lipinski definition) is 0. The SMILES string of the molecule is c1ccc(N(c2ccc(-c3ccc(-c4nc5ccccc5nc4-c4cccc5ccccc45)cc3)cc2)c2ccc(-c3ccc(-c4nc5ccccc5nc4-c4cccc5ccccc45)cc3)cc2)cc1. The van der Waals surface area contributed by atoms with Crippen LogP contribution in [0, 0.1) is 0 Å². The van der Waals surface area contributed by atoms with E-state index in [-0.39, 0.29) is 0 Å². The van der Waals surface area contributed by atoms with E-state index in [4.69, 9.17) is 19.9 Å². The van der Waals surface area contributed by atoms with Gasteiger partial charge in [0, 0.05) is 39.3 Å². The largest absolute Gasteiger partial charge is 0.311 e. The lowest BCUT2D eigenvalue weighted by molar-refractivity contribution is 1.28. The lowest BCUT2D eigenvalue weighted by atomic mass is 9.96. The van der Waals surface area contributed by atoms with E-state index in [1.165, 1.54) is 10.8 Å². The highest BCUT2D eigenvalue weighted by Gasteiger charge is 2.19. The minimum absolute atomic E-state index is 0.866. The Balaban J connectivity index is 0.793. The first kappa shape index (κ1) is 41.6. The number of aromatic nitrogens is 4. The highest BCUT2D eigenvalue weighted by molar-refractivity contribution is 6.01. The normalized spacial score (nSPS) is 11.4. The van der Waals surface area contributed by atoms with Gasteiger partial charge in [-0.1, -0.05) is 200 Å². The molecule has 2 aromatic heterocycles. The van der Waals surface area contributed by atoms with Crippen molar-refractivity contribution in [3.05, 3.63) is 261 Å². The Morgan fingerprint density at radius 2 is 0.507 bits per heavy atom. The molecule has 0 fully saturated rings. The highest BCUT2D eigenvalue weighted by Crippen LogP contribution is 2.40. The van der Waals surface area contributed by atoms with Gasteiger partial charge in [-0.3, -0.25) is 0 Å². The van der Waals surface area contributed by atoms with Crippen LogP contribution in [0.1, 0.15) is 0 Å². The van der Waals surface area contributed by atoms with E-state index in [9.17, 15) is 0 Å². The van der Waals surface area contributed by atoms with E-state index in [0.29, 0.717) is 0 Å². The molecule has 0 saturated carbocycles. The molecule has 11 aromatic carbocycles. The summed E-state index contributed by atoms with van der Waals surface area (Å²) in [5.74, 6) is 0. The van der Waals surface area contributed by atoms with Gasteiger partial charge in [0.05, 0.1) is 44.8 Å². The number of hydrogen-bond acceptors (Lipinski definition) is 5. The molecule has 2 heterocycles. The molecule has 0 saturated heterocycles. The zero-order chi connectivity index (χ0) is 47.1. The summed E-state index contributed by atoms with van der Waals surface area (Å²) in [4.78, 5) is 23.2. The first-order valence-electron chi connectivity index (χ1n) is 24.0. The second-order valence-electron chi connectivity index (χ2n) is 17.8. The average Bonchev–Trinajstić information content (AvgIpc) is 3.45. The lowest BCUT2D eigenvalue weighted by Gasteiger charge is -2.26. The van der Waals surface area contributed by atoms with Crippen LogP contribution in [0.25, 0.3) is 111 Å². The number of rotatable bonds is 9. The number of anilines is 3. The maximum atomic E-state index is 5.22. The third-order valence-corrected chi connectivity index (χ3v) is 13.5. The summed E-state index contributed by atoms with van der Waals surface area (Å²) >= 11 is 0. The van der Waals surface area contributed by atoms with Crippen molar-refractivity contribution in [2.45, 2.75) is 0 Å². The van der Waals surface area contributed by atoms with Crippen LogP contribution in [-0.4, -0.2) is 19.9 Å². The summed E-state index contributed by atoms with van der Waals surface area (Å²) < 4.78 is 0. The minimum Gasteiger partial charge on any atom is -0.311 e. The molecule has 0 aliphatic heterocycles. The van der Waals surface area contributed by atoms with Crippen LogP contribution < -0.4 is 4.90 Å². The smallest absolute Gasteiger partial charge is 0.0979 e. The Bertz CT molecular complexity index is 3820. The van der Waals surface area contributed by atoms with Gasteiger partial charge in [-0.2, -0.15) is 0 Å². The molecule has 71 heavy (non-hydrogen) atoms. The van der Waals surface area contributed by atoms with Crippen LogP contribution in [0.15, 0.2) is 261 Å². The van der Waals surface area contributed by atoms with Gasteiger partial charge in [0.1, 0.15) is 0 Å². The van der Waals surface area contributed by atoms with E-state index in [0.717, 1.165) is 117 Å². The molecule has 332 valence electrons. The van der Waals surface area contributed by atoms with Crippen molar-refractivity contribution >= 4 is 60.7 Å². The van der Waals surface area contributed by atoms with Crippen molar-refractivity contribution in [3.63, 3.8) is 0 Å². The quantitative estimate of drug-likeness (QED) is 0.144. The second-order valence-corrected chi connectivity index (χ2v) is 17.8. The van der Waals surface area contributed by atoms with Crippen LogP contribution in [0.4, 0.5) is 17.1 Å². The molecule has 13 rings (SSSR count). The minimum atomic E-state index is 0.866. The van der Waals surface area contributed by atoms with Crippen LogP contribution in [0.5, 0.6) is 0 Å². The summed E-state index contributed by atoms with van der Waals surface area (Å²) in [7, 11) is 0.